The zero-order valence-corrected chi connectivity index (χ0v) is 10.7. The quantitative estimate of drug-likeness (QED) is 0.448. The molecule has 0 N–H and O–H groups in total. The summed E-state index contributed by atoms with van der Waals surface area (Å²) < 4.78 is 0. The Bertz CT molecular complexity index is 292. The van der Waals surface area contributed by atoms with Crippen molar-refractivity contribution in [2.75, 3.05) is 0 Å². The van der Waals surface area contributed by atoms with Crippen LogP contribution < -0.4 is 0 Å². The van der Waals surface area contributed by atoms with Gasteiger partial charge in [-0.05, 0) is 36.8 Å². The number of aryl methyl sites for hydroxylation is 1. The fourth-order valence-corrected chi connectivity index (χ4v) is 1.76. The van der Waals surface area contributed by atoms with E-state index in [9.17, 15) is 0 Å². The lowest BCUT2D eigenvalue weighted by atomic mass is 10.1. The van der Waals surface area contributed by atoms with E-state index in [0.29, 0.717) is 0 Å². The zero-order valence-electron chi connectivity index (χ0n) is 10.7. The fraction of sp³-hybridized carbons (Fsp3) is 0.500. The van der Waals surface area contributed by atoms with Crippen molar-refractivity contribution in [1.29, 1.82) is 0 Å². The minimum atomic E-state index is 1.08. The minimum absolute atomic E-state index is 1.08. The maximum Gasteiger partial charge on any atom is -0.00975 e. The first kappa shape index (κ1) is 13.0. The molecule has 0 amide bonds. The van der Waals surface area contributed by atoms with Gasteiger partial charge in [0.05, 0.1) is 0 Å². The number of benzene rings is 1. The van der Waals surface area contributed by atoms with Crippen molar-refractivity contribution in [2.24, 2.45) is 0 Å². The summed E-state index contributed by atoms with van der Waals surface area (Å²) in [5.74, 6) is 0. The van der Waals surface area contributed by atoms with Crippen molar-refractivity contribution in [1.82, 2.24) is 0 Å². The van der Waals surface area contributed by atoms with Gasteiger partial charge in [-0.3, -0.25) is 0 Å². The van der Waals surface area contributed by atoms with E-state index in [2.05, 4.69) is 50.3 Å². The molecule has 0 nitrogen and oxygen atoms in total. The Labute approximate surface area is 100 Å². The second kappa shape index (κ2) is 8.15. The molecule has 0 fully saturated rings. The van der Waals surface area contributed by atoms with Crippen LogP contribution in [0.15, 0.2) is 36.4 Å². The number of unbranched alkanes of at least 4 members (excludes halogenated alkanes) is 3. The Morgan fingerprint density at radius 3 is 2.19 bits per heavy atom. The van der Waals surface area contributed by atoms with Crippen LogP contribution in [0.5, 0.6) is 0 Å². The number of allylic oxidation sites excluding steroid dienone is 2. The summed E-state index contributed by atoms with van der Waals surface area (Å²) in [5, 5.41) is 0. The Hall–Kier alpha value is -1.04. The highest BCUT2D eigenvalue weighted by atomic mass is 14.0. The van der Waals surface area contributed by atoms with Gasteiger partial charge >= 0.3 is 0 Å². The van der Waals surface area contributed by atoms with E-state index in [1.165, 1.54) is 36.8 Å². The van der Waals surface area contributed by atoms with Crippen molar-refractivity contribution >= 4 is 0 Å². The first-order chi connectivity index (χ1) is 7.86. The lowest BCUT2D eigenvalue weighted by Crippen LogP contribution is -1.83. The summed E-state index contributed by atoms with van der Waals surface area (Å²) in [6, 6.07) is 8.96. The standard InChI is InChI=1S/C16H24/c1-3-5-6-7-8-9-10-16-13-11-15(4-2)12-14-16/h8-9,11-14H,3-7,10H2,1-2H3/b9-8+. The van der Waals surface area contributed by atoms with Crippen molar-refractivity contribution in [3.63, 3.8) is 0 Å². The molecule has 0 atom stereocenters. The van der Waals surface area contributed by atoms with Gasteiger partial charge in [0.25, 0.3) is 0 Å². The van der Waals surface area contributed by atoms with E-state index in [0.717, 1.165) is 12.8 Å². The molecule has 1 aromatic rings. The van der Waals surface area contributed by atoms with E-state index in [-0.39, 0.29) is 0 Å². The Morgan fingerprint density at radius 1 is 0.875 bits per heavy atom. The molecule has 0 saturated carbocycles. The van der Waals surface area contributed by atoms with Crippen LogP contribution in [0.1, 0.15) is 50.7 Å². The van der Waals surface area contributed by atoms with Gasteiger partial charge in [-0.25, -0.2) is 0 Å². The normalized spacial score (nSPS) is 11.1. The van der Waals surface area contributed by atoms with E-state index in [4.69, 9.17) is 0 Å². The second-order valence-corrected chi connectivity index (χ2v) is 4.34. The predicted molar refractivity (Wildman–Crippen MR) is 72.8 cm³/mol. The molecule has 88 valence electrons. The first-order valence-corrected chi connectivity index (χ1v) is 6.59. The van der Waals surface area contributed by atoms with E-state index < -0.39 is 0 Å². The zero-order chi connectivity index (χ0) is 11.6. The molecule has 0 heterocycles. The number of hydrogen-bond donors (Lipinski definition) is 0. The van der Waals surface area contributed by atoms with Gasteiger partial charge in [0.2, 0.25) is 0 Å². The van der Waals surface area contributed by atoms with E-state index in [1.54, 1.807) is 0 Å². The van der Waals surface area contributed by atoms with Gasteiger partial charge in [0, 0.05) is 0 Å². The topological polar surface area (TPSA) is 0 Å². The van der Waals surface area contributed by atoms with Crippen molar-refractivity contribution in [2.45, 2.75) is 52.4 Å². The summed E-state index contributed by atoms with van der Waals surface area (Å²) >= 11 is 0. The maximum absolute atomic E-state index is 2.32. The van der Waals surface area contributed by atoms with Crippen LogP contribution in [-0.4, -0.2) is 0 Å². The minimum Gasteiger partial charge on any atom is -0.0882 e. The van der Waals surface area contributed by atoms with Gasteiger partial charge in [-0.2, -0.15) is 0 Å². The molecule has 0 bridgehead atoms. The van der Waals surface area contributed by atoms with Crippen LogP contribution in [0.3, 0.4) is 0 Å². The number of rotatable bonds is 7. The summed E-state index contributed by atoms with van der Waals surface area (Å²) in [7, 11) is 0. The van der Waals surface area contributed by atoms with Crippen LogP contribution in [-0.2, 0) is 12.8 Å². The Morgan fingerprint density at radius 2 is 1.56 bits per heavy atom. The average molecular weight is 216 g/mol. The molecule has 0 aliphatic heterocycles. The number of hydrogen-bond acceptors (Lipinski definition) is 0. The summed E-state index contributed by atoms with van der Waals surface area (Å²) in [6.45, 7) is 4.45. The van der Waals surface area contributed by atoms with Gasteiger partial charge in [-0.1, -0.05) is 63.1 Å². The largest absolute Gasteiger partial charge is 0.0882 e. The molecular weight excluding hydrogens is 192 g/mol. The fourth-order valence-electron chi connectivity index (χ4n) is 1.76. The third-order valence-electron chi connectivity index (χ3n) is 2.93. The third-order valence-corrected chi connectivity index (χ3v) is 2.93. The van der Waals surface area contributed by atoms with Crippen molar-refractivity contribution < 1.29 is 0 Å². The van der Waals surface area contributed by atoms with Crippen LogP contribution >= 0.6 is 0 Å². The summed E-state index contributed by atoms with van der Waals surface area (Å²) in [5.41, 5.74) is 2.85. The monoisotopic (exact) mass is 216 g/mol. The van der Waals surface area contributed by atoms with E-state index >= 15 is 0 Å². The average Bonchev–Trinajstić information content (AvgIpc) is 2.34. The van der Waals surface area contributed by atoms with Crippen LogP contribution in [0.2, 0.25) is 0 Å². The van der Waals surface area contributed by atoms with Gasteiger partial charge in [0.1, 0.15) is 0 Å². The molecule has 0 aliphatic rings. The highest BCUT2D eigenvalue weighted by Gasteiger charge is 1.90. The summed E-state index contributed by atoms with van der Waals surface area (Å²) in [6.07, 6.45) is 12.1. The molecule has 0 aliphatic carbocycles. The van der Waals surface area contributed by atoms with Gasteiger partial charge < -0.3 is 0 Å². The second-order valence-electron chi connectivity index (χ2n) is 4.34. The van der Waals surface area contributed by atoms with Crippen molar-refractivity contribution in [3.05, 3.63) is 47.5 Å². The highest BCUT2D eigenvalue weighted by Crippen LogP contribution is 2.07. The molecule has 0 saturated heterocycles. The SMILES string of the molecule is CCCCC/C=C/Cc1ccc(CC)cc1. The predicted octanol–water partition coefficient (Wildman–Crippen LogP) is 4.93. The molecular formula is C16H24. The smallest absolute Gasteiger partial charge is 0.00975 e. The lowest BCUT2D eigenvalue weighted by Gasteiger charge is -1.99. The molecule has 0 radical (unpaired) electrons. The molecule has 16 heavy (non-hydrogen) atoms. The molecule has 0 spiro atoms. The first-order valence-electron chi connectivity index (χ1n) is 6.59. The van der Waals surface area contributed by atoms with Crippen LogP contribution in [0, 0.1) is 0 Å². The highest BCUT2D eigenvalue weighted by molar-refractivity contribution is 5.24. The maximum atomic E-state index is 2.32. The molecule has 1 rings (SSSR count). The van der Waals surface area contributed by atoms with E-state index in [1.807, 2.05) is 0 Å². The Kier molecular flexibility index (Phi) is 6.64. The van der Waals surface area contributed by atoms with Crippen LogP contribution in [0.25, 0.3) is 0 Å². The summed E-state index contributed by atoms with van der Waals surface area (Å²) in [4.78, 5) is 0. The molecule has 1 aromatic carbocycles. The van der Waals surface area contributed by atoms with Crippen molar-refractivity contribution in [3.8, 4) is 0 Å². The lowest BCUT2D eigenvalue weighted by molar-refractivity contribution is 0.728. The Balaban J connectivity index is 2.25. The molecule has 0 aromatic heterocycles. The molecule has 0 heteroatoms. The van der Waals surface area contributed by atoms with Gasteiger partial charge in [-0.15, -0.1) is 0 Å². The molecule has 0 unspecified atom stereocenters. The van der Waals surface area contributed by atoms with Gasteiger partial charge in [0.15, 0.2) is 0 Å². The third kappa shape index (κ3) is 5.16. The van der Waals surface area contributed by atoms with Crippen LogP contribution in [0.4, 0.5) is 0 Å².